The summed E-state index contributed by atoms with van der Waals surface area (Å²) in [6.07, 6.45) is 3.45. The molecule has 0 saturated carbocycles. The third kappa shape index (κ3) is 3.20. The molecule has 0 unspecified atom stereocenters. The Hall–Kier alpha value is -1.98. The van der Waals surface area contributed by atoms with Gasteiger partial charge in [0.05, 0.1) is 12.1 Å². The third-order valence-corrected chi connectivity index (χ3v) is 3.38. The Morgan fingerprint density at radius 2 is 2.05 bits per heavy atom. The summed E-state index contributed by atoms with van der Waals surface area (Å²) in [5.41, 5.74) is 2.58. The highest BCUT2D eigenvalue weighted by atomic mass is 79.9. The second kappa shape index (κ2) is 6.20. The summed E-state index contributed by atoms with van der Waals surface area (Å²) in [5, 5.41) is 0. The molecule has 0 fully saturated rings. The van der Waals surface area contributed by atoms with Crippen LogP contribution in [0.5, 0.6) is 11.5 Å². The maximum atomic E-state index is 5.95. The van der Waals surface area contributed by atoms with Crippen molar-refractivity contribution in [3.05, 3.63) is 58.8 Å². The summed E-state index contributed by atoms with van der Waals surface area (Å²) < 4.78 is 12.0. The SMILES string of the molecule is COCc1cccc(Oc2ccnc3cc(Br)cnc23)c1. The minimum atomic E-state index is 0.555. The summed E-state index contributed by atoms with van der Waals surface area (Å²) in [6, 6.07) is 11.5. The first kappa shape index (κ1) is 14.0. The number of fused-ring (bicyclic) bond motifs is 1. The van der Waals surface area contributed by atoms with Crippen LogP contribution in [0.4, 0.5) is 0 Å². The van der Waals surface area contributed by atoms with Gasteiger partial charge in [-0.05, 0) is 39.7 Å². The van der Waals surface area contributed by atoms with Crippen molar-refractivity contribution in [2.24, 2.45) is 0 Å². The second-order valence-corrected chi connectivity index (χ2v) is 5.43. The van der Waals surface area contributed by atoms with E-state index in [-0.39, 0.29) is 0 Å². The molecule has 3 aromatic rings. The lowest BCUT2D eigenvalue weighted by molar-refractivity contribution is 0.184. The van der Waals surface area contributed by atoms with Crippen LogP contribution in [-0.2, 0) is 11.3 Å². The number of halogens is 1. The molecule has 21 heavy (non-hydrogen) atoms. The molecular formula is C16H13BrN2O2. The van der Waals surface area contributed by atoms with Crippen LogP contribution in [0.15, 0.2) is 53.3 Å². The molecular weight excluding hydrogens is 332 g/mol. The van der Waals surface area contributed by atoms with Crippen molar-refractivity contribution < 1.29 is 9.47 Å². The standard InChI is InChI=1S/C16H13BrN2O2/c1-20-10-11-3-2-4-13(7-11)21-15-5-6-18-14-8-12(17)9-19-16(14)15/h2-9H,10H2,1H3. The van der Waals surface area contributed by atoms with Gasteiger partial charge in [-0.25, -0.2) is 4.98 Å². The molecule has 2 aromatic heterocycles. The third-order valence-electron chi connectivity index (χ3n) is 2.94. The minimum absolute atomic E-state index is 0.555. The Kier molecular flexibility index (Phi) is 4.13. The van der Waals surface area contributed by atoms with Gasteiger partial charge in [0.25, 0.3) is 0 Å². The molecule has 0 aliphatic heterocycles. The van der Waals surface area contributed by atoms with Crippen molar-refractivity contribution in [2.45, 2.75) is 6.61 Å². The zero-order valence-corrected chi connectivity index (χ0v) is 13.0. The number of hydrogen-bond donors (Lipinski definition) is 0. The topological polar surface area (TPSA) is 44.2 Å². The van der Waals surface area contributed by atoms with Crippen LogP contribution in [0.1, 0.15) is 5.56 Å². The van der Waals surface area contributed by atoms with Crippen molar-refractivity contribution >= 4 is 27.0 Å². The molecule has 5 heteroatoms. The molecule has 106 valence electrons. The van der Waals surface area contributed by atoms with Gasteiger partial charge in [0.1, 0.15) is 11.3 Å². The zero-order valence-electron chi connectivity index (χ0n) is 11.4. The first-order valence-corrected chi connectivity index (χ1v) is 7.21. The van der Waals surface area contributed by atoms with Crippen molar-refractivity contribution in [1.29, 1.82) is 0 Å². The highest BCUT2D eigenvalue weighted by Crippen LogP contribution is 2.28. The predicted molar refractivity (Wildman–Crippen MR) is 84.5 cm³/mol. The summed E-state index contributed by atoms with van der Waals surface area (Å²) in [6.45, 7) is 0.555. The molecule has 0 bridgehead atoms. The van der Waals surface area contributed by atoms with E-state index in [4.69, 9.17) is 9.47 Å². The first-order valence-electron chi connectivity index (χ1n) is 6.42. The maximum Gasteiger partial charge on any atom is 0.156 e. The number of hydrogen-bond acceptors (Lipinski definition) is 4. The largest absolute Gasteiger partial charge is 0.455 e. The van der Waals surface area contributed by atoms with Gasteiger partial charge < -0.3 is 9.47 Å². The van der Waals surface area contributed by atoms with Gasteiger partial charge in [-0.15, -0.1) is 0 Å². The van der Waals surface area contributed by atoms with E-state index in [9.17, 15) is 0 Å². The van der Waals surface area contributed by atoms with E-state index < -0.39 is 0 Å². The number of ether oxygens (including phenoxy) is 2. The van der Waals surface area contributed by atoms with Crippen LogP contribution >= 0.6 is 15.9 Å². The van der Waals surface area contributed by atoms with Crippen LogP contribution in [0.2, 0.25) is 0 Å². The Labute approximate surface area is 130 Å². The summed E-state index contributed by atoms with van der Waals surface area (Å²) in [4.78, 5) is 8.68. The second-order valence-electron chi connectivity index (χ2n) is 4.51. The number of rotatable bonds is 4. The lowest BCUT2D eigenvalue weighted by atomic mass is 10.2. The molecule has 1 aromatic carbocycles. The van der Waals surface area contributed by atoms with Gasteiger partial charge in [0, 0.05) is 30.0 Å². The molecule has 3 rings (SSSR count). The summed E-state index contributed by atoms with van der Waals surface area (Å²) in [7, 11) is 1.67. The van der Waals surface area contributed by atoms with Crippen molar-refractivity contribution in [3.8, 4) is 11.5 Å². The van der Waals surface area contributed by atoms with Gasteiger partial charge in [-0.3, -0.25) is 4.98 Å². The normalized spacial score (nSPS) is 10.8. The van der Waals surface area contributed by atoms with Crippen LogP contribution in [-0.4, -0.2) is 17.1 Å². The number of nitrogens with zero attached hydrogens (tertiary/aromatic N) is 2. The van der Waals surface area contributed by atoms with Crippen molar-refractivity contribution in [2.75, 3.05) is 7.11 Å². The lowest BCUT2D eigenvalue weighted by Gasteiger charge is -2.09. The van der Waals surface area contributed by atoms with Crippen LogP contribution < -0.4 is 4.74 Å². The van der Waals surface area contributed by atoms with E-state index in [1.807, 2.05) is 36.4 Å². The summed E-state index contributed by atoms with van der Waals surface area (Å²) in [5.74, 6) is 1.43. The van der Waals surface area contributed by atoms with Gasteiger partial charge >= 0.3 is 0 Å². The summed E-state index contributed by atoms with van der Waals surface area (Å²) >= 11 is 3.39. The Morgan fingerprint density at radius 1 is 1.14 bits per heavy atom. The van der Waals surface area contributed by atoms with Crippen molar-refractivity contribution in [1.82, 2.24) is 9.97 Å². The molecule has 0 spiro atoms. The smallest absolute Gasteiger partial charge is 0.156 e. The first-order chi connectivity index (χ1) is 10.3. The lowest BCUT2D eigenvalue weighted by Crippen LogP contribution is -1.92. The van der Waals surface area contributed by atoms with E-state index in [1.54, 1.807) is 19.5 Å². The van der Waals surface area contributed by atoms with Gasteiger partial charge in [-0.1, -0.05) is 12.1 Å². The molecule has 2 heterocycles. The van der Waals surface area contributed by atoms with E-state index >= 15 is 0 Å². The number of benzene rings is 1. The molecule has 0 amide bonds. The minimum Gasteiger partial charge on any atom is -0.455 e. The molecule has 0 aliphatic carbocycles. The zero-order chi connectivity index (χ0) is 14.7. The molecule has 0 saturated heterocycles. The molecule has 0 radical (unpaired) electrons. The molecule has 0 N–H and O–H groups in total. The van der Waals surface area contributed by atoms with E-state index in [2.05, 4.69) is 25.9 Å². The average molecular weight is 345 g/mol. The number of aromatic nitrogens is 2. The van der Waals surface area contributed by atoms with Gasteiger partial charge in [-0.2, -0.15) is 0 Å². The molecule has 4 nitrogen and oxygen atoms in total. The van der Waals surface area contributed by atoms with Gasteiger partial charge in [0.2, 0.25) is 0 Å². The van der Waals surface area contributed by atoms with Crippen LogP contribution in [0.3, 0.4) is 0 Å². The number of pyridine rings is 2. The van der Waals surface area contributed by atoms with Crippen LogP contribution in [0, 0.1) is 0 Å². The Balaban J connectivity index is 1.96. The van der Waals surface area contributed by atoms with Gasteiger partial charge in [0.15, 0.2) is 5.75 Å². The van der Waals surface area contributed by atoms with E-state index in [0.717, 1.165) is 26.8 Å². The number of methoxy groups -OCH3 is 1. The fourth-order valence-corrected chi connectivity index (χ4v) is 2.38. The molecule has 0 aliphatic rings. The van der Waals surface area contributed by atoms with E-state index in [1.165, 1.54) is 0 Å². The Morgan fingerprint density at radius 3 is 2.90 bits per heavy atom. The molecule has 0 atom stereocenters. The Bertz CT molecular complexity index is 777. The van der Waals surface area contributed by atoms with Crippen LogP contribution in [0.25, 0.3) is 11.0 Å². The maximum absolute atomic E-state index is 5.95. The van der Waals surface area contributed by atoms with Crippen molar-refractivity contribution in [3.63, 3.8) is 0 Å². The fraction of sp³-hybridized carbons (Fsp3) is 0.125. The highest BCUT2D eigenvalue weighted by molar-refractivity contribution is 9.10. The quantitative estimate of drug-likeness (QED) is 0.706. The fourth-order valence-electron chi connectivity index (χ4n) is 2.06. The highest BCUT2D eigenvalue weighted by Gasteiger charge is 2.07. The predicted octanol–water partition coefficient (Wildman–Crippen LogP) is 4.33. The monoisotopic (exact) mass is 344 g/mol. The average Bonchev–Trinajstić information content (AvgIpc) is 2.48. The van der Waals surface area contributed by atoms with E-state index in [0.29, 0.717) is 12.4 Å².